The van der Waals surface area contributed by atoms with Crippen molar-refractivity contribution in [2.45, 2.75) is 33.4 Å². The molecule has 2 heterocycles. The highest BCUT2D eigenvalue weighted by Gasteiger charge is 2.18. The molecule has 0 aliphatic heterocycles. The third-order valence-electron chi connectivity index (χ3n) is 4.54. The summed E-state index contributed by atoms with van der Waals surface area (Å²) >= 11 is 1.12. The van der Waals surface area contributed by atoms with Crippen molar-refractivity contribution in [1.82, 2.24) is 24.8 Å². The molecule has 0 aliphatic rings. The summed E-state index contributed by atoms with van der Waals surface area (Å²) in [6.45, 7) is 6.20. The third-order valence-corrected chi connectivity index (χ3v) is 5.45. The summed E-state index contributed by atoms with van der Waals surface area (Å²) in [5.74, 6) is -0.288. The maximum absolute atomic E-state index is 13.2. The number of rotatable bonds is 10. The Hall–Kier alpha value is -3.27. The van der Waals surface area contributed by atoms with Crippen LogP contribution < -0.4 is 10.6 Å². The highest BCUT2D eigenvalue weighted by Crippen LogP contribution is 2.19. The highest BCUT2D eigenvalue weighted by atomic mass is 32.1. The van der Waals surface area contributed by atoms with Crippen LogP contribution in [0.2, 0.25) is 0 Å². The van der Waals surface area contributed by atoms with E-state index in [-0.39, 0.29) is 23.7 Å². The molecule has 0 radical (unpaired) electrons. The van der Waals surface area contributed by atoms with Gasteiger partial charge in [-0.3, -0.25) is 10.1 Å². The van der Waals surface area contributed by atoms with Crippen LogP contribution in [0.1, 0.15) is 35.5 Å². The number of hydrogen-bond donors (Lipinski definition) is 2. The molecular formula is C22H27FN6O2S. The van der Waals surface area contributed by atoms with E-state index < -0.39 is 0 Å². The Morgan fingerprint density at radius 1 is 1.25 bits per heavy atom. The fourth-order valence-corrected chi connectivity index (χ4v) is 3.77. The predicted octanol–water partition coefficient (Wildman–Crippen LogP) is 3.99. The van der Waals surface area contributed by atoms with Gasteiger partial charge < -0.3 is 14.8 Å². The molecule has 8 nitrogen and oxygen atoms in total. The van der Waals surface area contributed by atoms with Crippen LogP contribution in [0.3, 0.4) is 0 Å². The van der Waals surface area contributed by atoms with Gasteiger partial charge in [0.25, 0.3) is 5.91 Å². The zero-order valence-electron chi connectivity index (χ0n) is 18.1. The van der Waals surface area contributed by atoms with Gasteiger partial charge in [0.1, 0.15) is 10.7 Å². The fourth-order valence-electron chi connectivity index (χ4n) is 3.05. The number of carbonyl (C=O) groups is 2. The Kier molecular flexibility index (Phi) is 8.32. The van der Waals surface area contributed by atoms with Gasteiger partial charge in [-0.05, 0) is 30.0 Å². The Morgan fingerprint density at radius 2 is 2.03 bits per heavy atom. The summed E-state index contributed by atoms with van der Waals surface area (Å²) < 4.78 is 15.1. The van der Waals surface area contributed by atoms with Gasteiger partial charge in [0.15, 0.2) is 5.13 Å². The molecule has 170 valence electrons. The van der Waals surface area contributed by atoms with Crippen LogP contribution in [-0.2, 0) is 13.1 Å². The van der Waals surface area contributed by atoms with Gasteiger partial charge in [-0.15, -0.1) is 0 Å². The Labute approximate surface area is 190 Å². The first kappa shape index (κ1) is 23.4. The normalized spacial score (nSPS) is 10.9. The minimum absolute atomic E-state index is 0.223. The number of halogens is 1. The molecular weight excluding hydrogens is 431 g/mol. The number of nitrogens with zero attached hydrogens (tertiary/aromatic N) is 4. The molecule has 3 rings (SSSR count). The van der Waals surface area contributed by atoms with E-state index >= 15 is 0 Å². The maximum atomic E-state index is 13.2. The van der Waals surface area contributed by atoms with Crippen LogP contribution in [0.5, 0.6) is 0 Å². The van der Waals surface area contributed by atoms with E-state index in [1.165, 1.54) is 18.3 Å². The van der Waals surface area contributed by atoms with E-state index in [9.17, 15) is 14.0 Å². The standard InChI is InChI=1S/C22H27FN6O2S/c1-16(2)13-29(14-17-4-6-18(23)7-5-17)22(31)27-21-26-12-19(32-21)20(30)25-8-3-10-28-11-9-24-15-28/h4-7,9,11-12,15-16H,3,8,10,13-14H2,1-2H3,(H,25,30)(H,26,27,31). The van der Waals surface area contributed by atoms with Crippen LogP contribution in [0.15, 0.2) is 49.2 Å². The lowest BCUT2D eigenvalue weighted by atomic mass is 10.1. The minimum Gasteiger partial charge on any atom is -0.351 e. The topological polar surface area (TPSA) is 92.1 Å². The molecule has 0 bridgehead atoms. The third kappa shape index (κ3) is 7.16. The van der Waals surface area contributed by atoms with Gasteiger partial charge in [-0.1, -0.05) is 37.3 Å². The number of aromatic nitrogens is 3. The summed E-state index contributed by atoms with van der Waals surface area (Å²) in [7, 11) is 0. The molecule has 1 aromatic carbocycles. The van der Waals surface area contributed by atoms with Crippen LogP contribution in [-0.4, -0.2) is 44.5 Å². The number of aryl methyl sites for hydroxylation is 1. The molecule has 0 fully saturated rings. The van der Waals surface area contributed by atoms with Crippen molar-refractivity contribution in [2.24, 2.45) is 5.92 Å². The maximum Gasteiger partial charge on any atom is 0.323 e. The van der Waals surface area contributed by atoms with Crippen molar-refractivity contribution in [3.63, 3.8) is 0 Å². The molecule has 0 unspecified atom stereocenters. The second-order valence-corrected chi connectivity index (χ2v) is 8.80. The zero-order chi connectivity index (χ0) is 22.9. The van der Waals surface area contributed by atoms with E-state index in [2.05, 4.69) is 20.6 Å². The molecule has 0 spiro atoms. The van der Waals surface area contributed by atoms with Crippen LogP contribution in [0, 0.1) is 11.7 Å². The van der Waals surface area contributed by atoms with E-state index in [4.69, 9.17) is 0 Å². The predicted molar refractivity (Wildman–Crippen MR) is 122 cm³/mol. The molecule has 32 heavy (non-hydrogen) atoms. The van der Waals surface area contributed by atoms with Crippen molar-refractivity contribution < 1.29 is 14.0 Å². The van der Waals surface area contributed by atoms with Crippen LogP contribution in [0.25, 0.3) is 0 Å². The van der Waals surface area contributed by atoms with E-state index in [0.29, 0.717) is 29.6 Å². The zero-order valence-corrected chi connectivity index (χ0v) is 18.9. The number of hydrogen-bond acceptors (Lipinski definition) is 5. The lowest BCUT2D eigenvalue weighted by Gasteiger charge is -2.24. The second-order valence-electron chi connectivity index (χ2n) is 7.77. The van der Waals surface area contributed by atoms with Gasteiger partial charge >= 0.3 is 6.03 Å². The molecule has 3 aromatic rings. The van der Waals surface area contributed by atoms with Crippen LogP contribution >= 0.6 is 11.3 Å². The number of carbonyl (C=O) groups excluding carboxylic acids is 2. The van der Waals surface area contributed by atoms with Gasteiger partial charge in [0.2, 0.25) is 0 Å². The SMILES string of the molecule is CC(C)CN(Cc1ccc(F)cc1)C(=O)Nc1ncc(C(=O)NCCCn2ccnc2)s1. The smallest absolute Gasteiger partial charge is 0.323 e. The van der Waals surface area contributed by atoms with Crippen molar-refractivity contribution in [3.05, 3.63) is 65.4 Å². The minimum atomic E-state index is -0.316. The largest absolute Gasteiger partial charge is 0.351 e. The molecule has 0 atom stereocenters. The molecule has 0 saturated carbocycles. The van der Waals surface area contributed by atoms with Gasteiger partial charge in [-0.25, -0.2) is 19.2 Å². The highest BCUT2D eigenvalue weighted by molar-refractivity contribution is 7.17. The number of nitrogens with one attached hydrogen (secondary N) is 2. The molecule has 2 aromatic heterocycles. The Balaban J connectivity index is 1.52. The van der Waals surface area contributed by atoms with Crippen molar-refractivity contribution in [2.75, 3.05) is 18.4 Å². The fraction of sp³-hybridized carbons (Fsp3) is 0.364. The Morgan fingerprint density at radius 3 is 2.72 bits per heavy atom. The molecule has 3 amide bonds. The number of amides is 3. The average molecular weight is 459 g/mol. The summed E-state index contributed by atoms with van der Waals surface area (Å²) in [5.41, 5.74) is 0.831. The molecule has 0 saturated heterocycles. The van der Waals surface area contributed by atoms with E-state index in [1.807, 2.05) is 24.6 Å². The first-order valence-corrected chi connectivity index (χ1v) is 11.2. The number of benzene rings is 1. The van der Waals surface area contributed by atoms with E-state index in [0.717, 1.165) is 29.9 Å². The summed E-state index contributed by atoms with van der Waals surface area (Å²) in [5, 5.41) is 5.98. The molecule has 10 heteroatoms. The van der Waals surface area contributed by atoms with Crippen molar-refractivity contribution in [3.8, 4) is 0 Å². The number of anilines is 1. The first-order chi connectivity index (χ1) is 15.4. The number of imidazole rings is 1. The summed E-state index contributed by atoms with van der Waals surface area (Å²) in [4.78, 5) is 35.4. The average Bonchev–Trinajstić information content (AvgIpc) is 3.44. The second kappa shape index (κ2) is 11.4. The molecule has 0 aliphatic carbocycles. The first-order valence-electron chi connectivity index (χ1n) is 10.4. The van der Waals surface area contributed by atoms with Crippen LogP contribution in [0.4, 0.5) is 14.3 Å². The van der Waals surface area contributed by atoms with Gasteiger partial charge in [-0.2, -0.15) is 0 Å². The Bertz CT molecular complexity index is 1000. The van der Waals surface area contributed by atoms with E-state index in [1.54, 1.807) is 29.6 Å². The molecule has 2 N–H and O–H groups in total. The van der Waals surface area contributed by atoms with Gasteiger partial charge in [0, 0.05) is 38.6 Å². The summed E-state index contributed by atoms with van der Waals surface area (Å²) in [6.07, 6.45) is 7.56. The van der Waals surface area contributed by atoms with Gasteiger partial charge in [0.05, 0.1) is 12.5 Å². The quantitative estimate of drug-likeness (QED) is 0.450. The van der Waals surface area contributed by atoms with Crippen molar-refractivity contribution >= 4 is 28.4 Å². The monoisotopic (exact) mass is 458 g/mol. The number of thiazole rings is 1. The lowest BCUT2D eigenvalue weighted by molar-refractivity contribution is 0.0956. The summed E-state index contributed by atoms with van der Waals surface area (Å²) in [6, 6.07) is 5.76. The number of urea groups is 1. The van der Waals surface area contributed by atoms with Crippen molar-refractivity contribution in [1.29, 1.82) is 0 Å². The lowest BCUT2D eigenvalue weighted by Crippen LogP contribution is -2.37.